The van der Waals surface area contributed by atoms with Crippen molar-refractivity contribution in [3.8, 4) is 5.75 Å². The van der Waals surface area contributed by atoms with Crippen LogP contribution >= 0.6 is 0 Å². The van der Waals surface area contributed by atoms with Crippen molar-refractivity contribution in [2.24, 2.45) is 0 Å². The number of aromatic nitrogens is 2. The van der Waals surface area contributed by atoms with Gasteiger partial charge in [-0.1, -0.05) is 12.1 Å². The SMILES string of the molecule is Cc1ccc(O)cc1Nc1nc(=O)c(F)cn1Cc1cc(C)c(F)c(F)c1. The van der Waals surface area contributed by atoms with Crippen molar-refractivity contribution in [3.63, 3.8) is 0 Å². The monoisotopic (exact) mass is 375 g/mol. The van der Waals surface area contributed by atoms with Gasteiger partial charge in [-0.3, -0.25) is 4.79 Å². The summed E-state index contributed by atoms with van der Waals surface area (Å²) in [6.45, 7) is 3.14. The molecule has 0 saturated heterocycles. The van der Waals surface area contributed by atoms with Gasteiger partial charge in [-0.05, 0) is 42.7 Å². The van der Waals surface area contributed by atoms with E-state index in [0.29, 0.717) is 11.3 Å². The third-order valence-electron chi connectivity index (χ3n) is 4.04. The van der Waals surface area contributed by atoms with Gasteiger partial charge in [0.1, 0.15) is 5.75 Å². The normalized spacial score (nSPS) is 10.9. The molecule has 27 heavy (non-hydrogen) atoms. The largest absolute Gasteiger partial charge is 0.508 e. The van der Waals surface area contributed by atoms with E-state index in [-0.39, 0.29) is 23.8 Å². The highest BCUT2D eigenvalue weighted by molar-refractivity contribution is 5.60. The maximum absolute atomic E-state index is 13.8. The lowest BCUT2D eigenvalue weighted by Crippen LogP contribution is -2.20. The molecule has 3 aromatic rings. The predicted octanol–water partition coefficient (Wildman–Crippen LogP) is 3.77. The molecule has 0 bridgehead atoms. The third-order valence-corrected chi connectivity index (χ3v) is 4.04. The zero-order valence-electron chi connectivity index (χ0n) is 14.6. The van der Waals surface area contributed by atoms with Gasteiger partial charge in [-0.15, -0.1) is 0 Å². The highest BCUT2D eigenvalue weighted by Crippen LogP contribution is 2.24. The Hall–Kier alpha value is -3.29. The van der Waals surface area contributed by atoms with Crippen LogP contribution in [-0.4, -0.2) is 14.7 Å². The highest BCUT2D eigenvalue weighted by Gasteiger charge is 2.13. The molecule has 0 radical (unpaired) electrons. The molecule has 0 unspecified atom stereocenters. The van der Waals surface area contributed by atoms with E-state index in [2.05, 4.69) is 10.3 Å². The Morgan fingerprint density at radius 2 is 1.81 bits per heavy atom. The summed E-state index contributed by atoms with van der Waals surface area (Å²) in [4.78, 5) is 15.3. The van der Waals surface area contributed by atoms with Crippen molar-refractivity contribution in [3.05, 3.63) is 81.0 Å². The van der Waals surface area contributed by atoms with Gasteiger partial charge in [-0.25, -0.2) is 8.78 Å². The molecule has 0 fully saturated rings. The van der Waals surface area contributed by atoms with Crippen LogP contribution in [0, 0.1) is 31.3 Å². The van der Waals surface area contributed by atoms with Crippen molar-refractivity contribution in [2.45, 2.75) is 20.4 Å². The van der Waals surface area contributed by atoms with Crippen molar-refractivity contribution in [1.29, 1.82) is 0 Å². The Kier molecular flexibility index (Phi) is 4.89. The Labute approximate surface area is 152 Å². The number of aryl methyl sites for hydroxylation is 2. The minimum absolute atomic E-state index is 0.00233. The fourth-order valence-corrected chi connectivity index (χ4v) is 2.64. The number of anilines is 2. The zero-order valence-corrected chi connectivity index (χ0v) is 14.6. The fourth-order valence-electron chi connectivity index (χ4n) is 2.64. The first kappa shape index (κ1) is 18.5. The first-order chi connectivity index (χ1) is 12.7. The number of nitrogens with zero attached hydrogens (tertiary/aromatic N) is 2. The van der Waals surface area contributed by atoms with Crippen LogP contribution in [0.2, 0.25) is 0 Å². The standard InChI is InChI=1S/C19H16F3N3O2/c1-10-3-4-13(26)7-16(10)23-19-24-18(27)15(21)9-25(19)8-12-5-11(2)17(22)14(20)6-12/h3-7,9,26H,8H2,1-2H3,(H,23,24,27). The van der Waals surface area contributed by atoms with Crippen LogP contribution in [0.4, 0.5) is 24.8 Å². The van der Waals surface area contributed by atoms with Crippen LogP contribution in [0.1, 0.15) is 16.7 Å². The molecule has 140 valence electrons. The molecule has 2 N–H and O–H groups in total. The molecule has 0 aliphatic heterocycles. The van der Waals surface area contributed by atoms with Gasteiger partial charge in [0.2, 0.25) is 11.8 Å². The van der Waals surface area contributed by atoms with Crippen molar-refractivity contribution in [2.75, 3.05) is 5.32 Å². The molecular weight excluding hydrogens is 359 g/mol. The summed E-state index contributed by atoms with van der Waals surface area (Å²) in [5, 5.41) is 12.5. The minimum atomic E-state index is -1.08. The molecule has 8 heteroatoms. The summed E-state index contributed by atoms with van der Waals surface area (Å²) in [7, 11) is 0. The number of rotatable bonds is 4. The van der Waals surface area contributed by atoms with Gasteiger partial charge in [0.05, 0.1) is 6.54 Å². The molecule has 1 aromatic heterocycles. The van der Waals surface area contributed by atoms with E-state index in [0.717, 1.165) is 17.8 Å². The van der Waals surface area contributed by atoms with Gasteiger partial charge in [-0.2, -0.15) is 9.37 Å². The highest BCUT2D eigenvalue weighted by atomic mass is 19.2. The lowest BCUT2D eigenvalue weighted by Gasteiger charge is -2.16. The molecule has 0 saturated carbocycles. The first-order valence-corrected chi connectivity index (χ1v) is 8.02. The van der Waals surface area contributed by atoms with Crippen LogP contribution in [-0.2, 0) is 6.54 Å². The lowest BCUT2D eigenvalue weighted by molar-refractivity contribution is 0.475. The van der Waals surface area contributed by atoms with Gasteiger partial charge < -0.3 is 15.0 Å². The van der Waals surface area contributed by atoms with Gasteiger partial charge in [0, 0.05) is 18.0 Å². The van der Waals surface area contributed by atoms with Gasteiger partial charge in [0.15, 0.2) is 11.6 Å². The van der Waals surface area contributed by atoms with Gasteiger partial charge in [0.25, 0.3) is 0 Å². The van der Waals surface area contributed by atoms with E-state index >= 15 is 0 Å². The number of hydrogen-bond acceptors (Lipinski definition) is 4. The van der Waals surface area contributed by atoms with Crippen molar-refractivity contribution >= 4 is 11.6 Å². The van der Waals surface area contributed by atoms with E-state index in [1.54, 1.807) is 13.0 Å². The van der Waals surface area contributed by atoms with Crippen molar-refractivity contribution in [1.82, 2.24) is 9.55 Å². The van der Waals surface area contributed by atoms with E-state index in [9.17, 15) is 23.1 Å². The minimum Gasteiger partial charge on any atom is -0.508 e. The second-order valence-corrected chi connectivity index (χ2v) is 6.18. The Bertz CT molecular complexity index is 1060. The maximum atomic E-state index is 13.8. The van der Waals surface area contributed by atoms with Crippen LogP contribution in [0.5, 0.6) is 5.75 Å². The quantitative estimate of drug-likeness (QED) is 0.728. The molecule has 0 amide bonds. The van der Waals surface area contributed by atoms with Crippen LogP contribution in [0.3, 0.4) is 0 Å². The Balaban J connectivity index is 2.04. The molecular formula is C19H16F3N3O2. The molecule has 0 atom stereocenters. The number of halogens is 3. The molecule has 5 nitrogen and oxygen atoms in total. The van der Waals surface area contributed by atoms with E-state index < -0.39 is 23.0 Å². The number of aromatic hydroxyl groups is 1. The topological polar surface area (TPSA) is 67.2 Å². The van der Waals surface area contributed by atoms with E-state index in [1.807, 2.05) is 0 Å². The second kappa shape index (κ2) is 7.14. The average molecular weight is 375 g/mol. The summed E-state index contributed by atoms with van der Waals surface area (Å²) in [5.41, 5.74) is 0.628. The molecule has 1 heterocycles. The number of benzene rings is 2. The van der Waals surface area contributed by atoms with Crippen molar-refractivity contribution < 1.29 is 18.3 Å². The summed E-state index contributed by atoms with van der Waals surface area (Å²) < 4.78 is 42.2. The summed E-state index contributed by atoms with van der Waals surface area (Å²) in [6.07, 6.45) is 0.937. The van der Waals surface area contributed by atoms with Gasteiger partial charge >= 0.3 is 5.56 Å². The first-order valence-electron chi connectivity index (χ1n) is 8.02. The number of phenolic OH excluding ortho intramolecular Hbond substituents is 1. The lowest BCUT2D eigenvalue weighted by atomic mass is 10.1. The average Bonchev–Trinajstić information content (AvgIpc) is 2.60. The zero-order chi connectivity index (χ0) is 19.7. The fraction of sp³-hybridized carbons (Fsp3) is 0.158. The second-order valence-electron chi connectivity index (χ2n) is 6.18. The van der Waals surface area contributed by atoms with Crippen LogP contribution < -0.4 is 10.9 Å². The molecule has 0 spiro atoms. The van der Waals surface area contributed by atoms with Crippen LogP contribution in [0.15, 0.2) is 41.3 Å². The third kappa shape index (κ3) is 3.94. The predicted molar refractivity (Wildman–Crippen MR) is 94.8 cm³/mol. The number of nitrogens with one attached hydrogen (secondary N) is 1. The Morgan fingerprint density at radius 1 is 1.07 bits per heavy atom. The summed E-state index contributed by atoms with van der Waals surface area (Å²) in [5.74, 6) is -3.05. The summed E-state index contributed by atoms with van der Waals surface area (Å²) in [6, 6.07) is 7.01. The smallest absolute Gasteiger partial charge is 0.310 e. The molecule has 3 rings (SSSR count). The maximum Gasteiger partial charge on any atom is 0.310 e. The Morgan fingerprint density at radius 3 is 2.52 bits per heavy atom. The molecule has 0 aliphatic rings. The molecule has 0 aliphatic carbocycles. The summed E-state index contributed by atoms with van der Waals surface area (Å²) >= 11 is 0. The number of phenols is 1. The molecule has 2 aromatic carbocycles. The van der Waals surface area contributed by atoms with Crippen LogP contribution in [0.25, 0.3) is 0 Å². The number of hydrogen-bond donors (Lipinski definition) is 2. The van der Waals surface area contributed by atoms with E-state index in [1.165, 1.54) is 29.7 Å². The van der Waals surface area contributed by atoms with E-state index in [4.69, 9.17) is 0 Å².